The van der Waals surface area contributed by atoms with Crippen LogP contribution in [0.2, 0.25) is 0 Å². The van der Waals surface area contributed by atoms with Gasteiger partial charge in [0.25, 0.3) is 0 Å². The molecule has 0 atom stereocenters. The maximum absolute atomic E-state index is 11.9. The summed E-state index contributed by atoms with van der Waals surface area (Å²) in [6.45, 7) is 4.37. The van der Waals surface area contributed by atoms with Crippen LogP contribution in [0.1, 0.15) is 210 Å². The van der Waals surface area contributed by atoms with Crippen molar-refractivity contribution in [1.29, 1.82) is 0 Å². The summed E-state index contributed by atoms with van der Waals surface area (Å²) in [7, 11) is 0. The Hall–Kier alpha value is -2.47. The largest absolute Gasteiger partial charge is 0.456 e. The molecule has 0 aromatic carbocycles. The zero-order valence-electron chi connectivity index (χ0n) is 31.0. The van der Waals surface area contributed by atoms with Crippen molar-refractivity contribution < 1.29 is 28.6 Å². The third-order valence-corrected chi connectivity index (χ3v) is 8.47. The van der Waals surface area contributed by atoms with Crippen molar-refractivity contribution in [3.63, 3.8) is 0 Å². The summed E-state index contributed by atoms with van der Waals surface area (Å²) >= 11 is 0. The molecule has 0 spiro atoms. The van der Waals surface area contributed by atoms with Gasteiger partial charge in [0, 0.05) is 12.8 Å². The standard InChI is InChI=1S/C36H66O3.C6H6O3/c1-3-5-7-9-11-13-15-17-19-21-23-25-27-29-31-33-35(37)39-36(38)34-32-30-28-26-24-22-20-18-16-14-12-10-8-6-4-2;7-3-5-1-2-6(4-8)9-5/h17-20H,3-16,21-34H2,1-2H3;1-3,8H,4H2. The van der Waals surface area contributed by atoms with Gasteiger partial charge < -0.3 is 14.3 Å². The van der Waals surface area contributed by atoms with E-state index in [2.05, 4.69) is 38.2 Å². The molecule has 1 rings (SSSR count). The van der Waals surface area contributed by atoms with Crippen LogP contribution in [0.4, 0.5) is 0 Å². The van der Waals surface area contributed by atoms with Crippen LogP contribution in [-0.2, 0) is 20.9 Å². The molecule has 0 aliphatic rings. The fourth-order valence-corrected chi connectivity index (χ4v) is 5.45. The number of allylic oxidation sites excluding steroid dienone is 4. The molecular weight excluding hydrogens is 600 g/mol. The quantitative estimate of drug-likeness (QED) is 0.0269. The molecule has 1 N–H and O–H groups in total. The number of furan rings is 1. The first-order valence-corrected chi connectivity index (χ1v) is 19.8. The van der Waals surface area contributed by atoms with Gasteiger partial charge in [0.2, 0.25) is 0 Å². The second kappa shape index (κ2) is 37.4. The first kappa shape index (κ1) is 45.5. The highest BCUT2D eigenvalue weighted by Gasteiger charge is 2.09. The number of rotatable bonds is 32. The third-order valence-electron chi connectivity index (χ3n) is 8.47. The Morgan fingerprint density at radius 3 is 1.23 bits per heavy atom. The third kappa shape index (κ3) is 33.4. The predicted octanol–water partition coefficient (Wildman–Crippen LogP) is 12.7. The van der Waals surface area contributed by atoms with Gasteiger partial charge in [-0.15, -0.1) is 0 Å². The van der Waals surface area contributed by atoms with Crippen molar-refractivity contribution >= 4 is 18.2 Å². The lowest BCUT2D eigenvalue weighted by atomic mass is 10.1. The predicted molar refractivity (Wildman–Crippen MR) is 200 cm³/mol. The molecule has 6 heteroatoms. The number of esters is 2. The number of carbonyl (C=O) groups is 3. The van der Waals surface area contributed by atoms with Crippen molar-refractivity contribution in [2.75, 3.05) is 0 Å². The zero-order valence-corrected chi connectivity index (χ0v) is 31.0. The van der Waals surface area contributed by atoms with E-state index in [0.29, 0.717) is 24.9 Å². The van der Waals surface area contributed by atoms with E-state index in [-0.39, 0.29) is 24.3 Å². The maximum atomic E-state index is 11.9. The number of unbranched alkanes of at least 4 members (excludes halogenated alkanes) is 22. The van der Waals surface area contributed by atoms with Crippen molar-refractivity contribution in [2.24, 2.45) is 0 Å². The average Bonchev–Trinajstić information content (AvgIpc) is 3.57. The number of hydrogen-bond acceptors (Lipinski definition) is 6. The van der Waals surface area contributed by atoms with Crippen LogP contribution in [0.3, 0.4) is 0 Å². The molecule has 0 aliphatic carbocycles. The van der Waals surface area contributed by atoms with Gasteiger partial charge in [0.1, 0.15) is 12.4 Å². The number of aldehydes is 1. The van der Waals surface area contributed by atoms with E-state index in [1.807, 2.05) is 0 Å². The molecule has 6 nitrogen and oxygen atoms in total. The summed E-state index contributed by atoms with van der Waals surface area (Å²) < 4.78 is 9.76. The van der Waals surface area contributed by atoms with E-state index < -0.39 is 0 Å². The molecule has 1 heterocycles. The van der Waals surface area contributed by atoms with Crippen molar-refractivity contribution in [3.8, 4) is 0 Å². The summed E-state index contributed by atoms with van der Waals surface area (Å²) in [4.78, 5) is 33.7. The first-order valence-electron chi connectivity index (χ1n) is 19.8. The van der Waals surface area contributed by atoms with Crippen LogP contribution >= 0.6 is 0 Å². The highest BCUT2D eigenvalue weighted by atomic mass is 16.6. The van der Waals surface area contributed by atoms with Gasteiger partial charge >= 0.3 is 11.9 Å². The Morgan fingerprint density at radius 2 is 0.917 bits per heavy atom. The van der Waals surface area contributed by atoms with E-state index in [4.69, 9.17) is 14.3 Å². The molecule has 0 radical (unpaired) electrons. The molecule has 0 saturated heterocycles. The van der Waals surface area contributed by atoms with Crippen molar-refractivity contribution in [1.82, 2.24) is 0 Å². The minimum absolute atomic E-state index is 0.159. The zero-order chi connectivity index (χ0) is 35.2. The average molecular weight is 673 g/mol. The topological polar surface area (TPSA) is 93.8 Å². The lowest BCUT2D eigenvalue weighted by Crippen LogP contribution is -2.11. The van der Waals surface area contributed by atoms with E-state index in [1.165, 1.54) is 134 Å². The van der Waals surface area contributed by atoms with Gasteiger partial charge in [-0.3, -0.25) is 14.4 Å². The smallest absolute Gasteiger partial charge is 0.313 e. The molecule has 0 unspecified atom stereocenters. The van der Waals surface area contributed by atoms with Crippen LogP contribution in [0.15, 0.2) is 40.9 Å². The molecule has 276 valence electrons. The van der Waals surface area contributed by atoms with Gasteiger partial charge in [-0.1, -0.05) is 141 Å². The van der Waals surface area contributed by atoms with Crippen molar-refractivity contribution in [2.45, 2.75) is 200 Å². The number of aliphatic hydroxyl groups excluding tert-OH is 1. The van der Waals surface area contributed by atoms with Gasteiger partial charge in [0.15, 0.2) is 12.0 Å². The van der Waals surface area contributed by atoms with Gasteiger partial charge in [0.05, 0.1) is 0 Å². The number of aliphatic hydroxyl groups is 1. The van der Waals surface area contributed by atoms with Gasteiger partial charge in [-0.2, -0.15) is 0 Å². The molecule has 1 aromatic heterocycles. The first-order chi connectivity index (χ1) is 23.6. The molecule has 1 aromatic rings. The fraction of sp³-hybridized carbons (Fsp3) is 0.738. The monoisotopic (exact) mass is 673 g/mol. The molecule has 0 fully saturated rings. The van der Waals surface area contributed by atoms with Crippen LogP contribution in [0.5, 0.6) is 0 Å². The van der Waals surface area contributed by atoms with Gasteiger partial charge in [-0.05, 0) is 76.3 Å². The summed E-state index contributed by atoms with van der Waals surface area (Å²) in [5.41, 5.74) is 0. The highest BCUT2D eigenvalue weighted by molar-refractivity contribution is 5.85. The van der Waals surface area contributed by atoms with E-state index in [0.717, 1.165) is 38.5 Å². The van der Waals surface area contributed by atoms with E-state index in [1.54, 1.807) is 6.07 Å². The van der Waals surface area contributed by atoms with E-state index >= 15 is 0 Å². The van der Waals surface area contributed by atoms with Crippen LogP contribution in [-0.4, -0.2) is 23.3 Å². The number of carbonyl (C=O) groups excluding carboxylic acids is 3. The lowest BCUT2D eigenvalue weighted by molar-refractivity contribution is -0.159. The molecule has 0 aliphatic heterocycles. The molecular formula is C42H72O6. The maximum Gasteiger partial charge on any atom is 0.313 e. The highest BCUT2D eigenvalue weighted by Crippen LogP contribution is 2.13. The summed E-state index contributed by atoms with van der Waals surface area (Å²) in [6, 6.07) is 3.07. The number of hydrogen-bond donors (Lipinski definition) is 1. The summed E-state index contributed by atoms with van der Waals surface area (Å²) in [6.07, 6.45) is 42.8. The number of ether oxygens (including phenoxy) is 1. The Balaban J connectivity index is 0.00000209. The Kier molecular flexibility index (Phi) is 35.4. The molecule has 0 saturated carbocycles. The van der Waals surface area contributed by atoms with Crippen LogP contribution < -0.4 is 0 Å². The Morgan fingerprint density at radius 1 is 0.562 bits per heavy atom. The second-order valence-corrected chi connectivity index (χ2v) is 13.1. The van der Waals surface area contributed by atoms with Crippen LogP contribution in [0, 0.1) is 0 Å². The minimum atomic E-state index is -0.342. The molecule has 48 heavy (non-hydrogen) atoms. The molecule has 0 bridgehead atoms. The lowest BCUT2D eigenvalue weighted by Gasteiger charge is -2.04. The van der Waals surface area contributed by atoms with Crippen molar-refractivity contribution in [3.05, 3.63) is 48.0 Å². The Labute approximate surface area is 294 Å². The second-order valence-electron chi connectivity index (χ2n) is 13.1. The summed E-state index contributed by atoms with van der Waals surface area (Å²) in [5, 5.41) is 8.44. The molecule has 0 amide bonds. The van der Waals surface area contributed by atoms with Gasteiger partial charge in [-0.25, -0.2) is 0 Å². The van der Waals surface area contributed by atoms with E-state index in [9.17, 15) is 14.4 Å². The normalized spacial score (nSPS) is 11.2. The fourth-order valence-electron chi connectivity index (χ4n) is 5.45. The Bertz CT molecular complexity index is 865. The minimum Gasteiger partial charge on any atom is -0.456 e. The summed E-state index contributed by atoms with van der Waals surface area (Å²) in [5.74, 6) is -0.0214. The SMILES string of the molecule is CCCCCCCCC=CCCCCCCCC(=O)OC(=O)CCCCCCCC=CCCCCCCCC.O=Cc1ccc(CO)o1. The van der Waals surface area contributed by atoms with Crippen LogP contribution in [0.25, 0.3) is 0 Å².